The maximum Gasteiger partial charge on any atom is 0.416 e. The van der Waals surface area contributed by atoms with Crippen LogP contribution in [0.4, 0.5) is 18.0 Å². The first-order chi connectivity index (χ1) is 9.65. The van der Waals surface area contributed by atoms with Crippen molar-refractivity contribution < 1.29 is 23.4 Å². The highest BCUT2D eigenvalue weighted by Crippen LogP contribution is 2.32. The summed E-state index contributed by atoms with van der Waals surface area (Å²) < 4.78 is 40.9. The first-order valence-corrected chi connectivity index (χ1v) is 6.19. The van der Waals surface area contributed by atoms with Gasteiger partial charge in [0.05, 0.1) is 5.56 Å². The monoisotopic (exact) mass is 360 g/mol. The highest BCUT2D eigenvalue weighted by molar-refractivity contribution is 6.31. The Hall–Kier alpha value is -1.71. The fraction of sp³-hybridized carbons (Fsp3) is 0.273. The second kappa shape index (κ2) is 8.06. The largest absolute Gasteiger partial charge is 0.416 e. The summed E-state index contributed by atoms with van der Waals surface area (Å²) in [7, 11) is 1.35. The highest BCUT2D eigenvalue weighted by Gasteiger charge is 2.31. The molecule has 22 heavy (non-hydrogen) atoms. The minimum absolute atomic E-state index is 0. The molecule has 0 aliphatic heterocycles. The van der Waals surface area contributed by atoms with E-state index in [1.165, 1.54) is 7.05 Å². The zero-order valence-corrected chi connectivity index (χ0v) is 12.7. The van der Waals surface area contributed by atoms with Gasteiger partial charge in [-0.15, -0.1) is 4.51 Å². The van der Waals surface area contributed by atoms with E-state index in [1.807, 2.05) is 0 Å². The van der Waals surface area contributed by atoms with Crippen LogP contribution < -0.4 is 11.1 Å². The summed E-state index contributed by atoms with van der Waals surface area (Å²) in [5.74, 6) is -0.330. The SMILES string of the molecule is CN(Cc1cc(C(F)(F)F)ccc1Cl)C(=O)NC(N)=NCl.O. The zero-order valence-electron chi connectivity index (χ0n) is 11.2. The van der Waals surface area contributed by atoms with Crippen LogP contribution in [0.5, 0.6) is 0 Å². The Kier molecular flexibility index (Phi) is 7.44. The van der Waals surface area contributed by atoms with Gasteiger partial charge in [-0.05, 0) is 23.8 Å². The number of carbonyl (C=O) groups is 1. The molecule has 0 unspecified atom stereocenters. The summed E-state index contributed by atoms with van der Waals surface area (Å²) in [4.78, 5) is 12.7. The first kappa shape index (κ1) is 20.3. The third kappa shape index (κ3) is 5.58. The van der Waals surface area contributed by atoms with Gasteiger partial charge in [0, 0.05) is 30.4 Å². The Morgan fingerprint density at radius 3 is 2.55 bits per heavy atom. The molecule has 2 amide bonds. The summed E-state index contributed by atoms with van der Waals surface area (Å²) in [5.41, 5.74) is 4.50. The van der Waals surface area contributed by atoms with E-state index in [0.717, 1.165) is 23.1 Å². The van der Waals surface area contributed by atoms with E-state index in [9.17, 15) is 18.0 Å². The molecule has 11 heteroatoms. The van der Waals surface area contributed by atoms with Crippen LogP contribution in [0.15, 0.2) is 22.7 Å². The van der Waals surface area contributed by atoms with Crippen molar-refractivity contribution in [2.45, 2.75) is 12.7 Å². The number of nitrogens with zero attached hydrogens (tertiary/aromatic N) is 2. The van der Waals surface area contributed by atoms with Gasteiger partial charge < -0.3 is 16.1 Å². The fourth-order valence-corrected chi connectivity index (χ4v) is 1.65. The van der Waals surface area contributed by atoms with Gasteiger partial charge >= 0.3 is 12.2 Å². The number of nitrogens with one attached hydrogen (secondary N) is 1. The van der Waals surface area contributed by atoms with E-state index in [-0.39, 0.29) is 28.6 Å². The Morgan fingerprint density at radius 1 is 1.45 bits per heavy atom. The van der Waals surface area contributed by atoms with Gasteiger partial charge in [0.2, 0.25) is 5.96 Å². The molecule has 0 radical (unpaired) electrons. The van der Waals surface area contributed by atoms with Crippen LogP contribution in [0.3, 0.4) is 0 Å². The highest BCUT2D eigenvalue weighted by atomic mass is 35.5. The topological polar surface area (TPSA) is 102 Å². The lowest BCUT2D eigenvalue weighted by atomic mass is 10.1. The molecule has 0 atom stereocenters. The van der Waals surface area contributed by atoms with Crippen molar-refractivity contribution in [3.05, 3.63) is 34.3 Å². The zero-order chi connectivity index (χ0) is 16.2. The van der Waals surface area contributed by atoms with Gasteiger partial charge in [-0.1, -0.05) is 11.6 Å². The second-order valence-electron chi connectivity index (χ2n) is 4.06. The quantitative estimate of drug-likeness (QED) is 0.623. The van der Waals surface area contributed by atoms with E-state index in [2.05, 4.69) is 9.83 Å². The van der Waals surface area contributed by atoms with E-state index in [0.29, 0.717) is 0 Å². The molecule has 0 aliphatic rings. The summed E-state index contributed by atoms with van der Waals surface area (Å²) in [6, 6.07) is 2.18. The molecule has 0 aromatic heterocycles. The lowest BCUT2D eigenvalue weighted by Crippen LogP contribution is -2.43. The molecule has 0 heterocycles. The number of alkyl halides is 3. The summed E-state index contributed by atoms with van der Waals surface area (Å²) >= 11 is 10.9. The van der Waals surface area contributed by atoms with Gasteiger partial charge in [-0.2, -0.15) is 13.2 Å². The van der Waals surface area contributed by atoms with E-state index >= 15 is 0 Å². The van der Waals surface area contributed by atoms with Gasteiger partial charge in [0.25, 0.3) is 0 Å². The average molecular weight is 361 g/mol. The van der Waals surface area contributed by atoms with Crippen LogP contribution in [0, 0.1) is 0 Å². The predicted octanol–water partition coefficient (Wildman–Crippen LogP) is 2.14. The Balaban J connectivity index is 0.00000441. The van der Waals surface area contributed by atoms with Crippen molar-refractivity contribution in [3.8, 4) is 0 Å². The molecular weight excluding hydrogens is 348 g/mol. The summed E-state index contributed by atoms with van der Waals surface area (Å²) in [5, 5.41) is 2.24. The molecule has 0 fully saturated rings. The smallest absolute Gasteiger partial charge is 0.412 e. The first-order valence-electron chi connectivity index (χ1n) is 5.47. The standard InChI is InChI=1S/C11H11Cl2F3N4O.H2O/c1-20(10(21)18-9(17)19-13)5-6-4-7(11(14,15)16)2-3-8(6)12;/h2-4H,5H2,1H3,(H3,17,18,19,21);1H2. The van der Waals surface area contributed by atoms with E-state index < -0.39 is 17.8 Å². The van der Waals surface area contributed by atoms with Gasteiger partial charge in [-0.3, -0.25) is 5.32 Å². The molecule has 0 saturated carbocycles. The number of urea groups is 1. The average Bonchev–Trinajstić information content (AvgIpc) is 2.39. The van der Waals surface area contributed by atoms with Crippen LogP contribution in [-0.4, -0.2) is 29.4 Å². The molecule has 0 saturated heterocycles. The number of guanidine groups is 1. The fourth-order valence-electron chi connectivity index (χ4n) is 1.43. The van der Waals surface area contributed by atoms with Crippen LogP contribution in [0.1, 0.15) is 11.1 Å². The van der Waals surface area contributed by atoms with Crippen molar-refractivity contribution in [3.63, 3.8) is 0 Å². The second-order valence-corrected chi connectivity index (χ2v) is 4.64. The van der Waals surface area contributed by atoms with Crippen molar-refractivity contribution in [2.24, 2.45) is 10.2 Å². The normalized spacial score (nSPS) is 11.6. The van der Waals surface area contributed by atoms with Crippen LogP contribution in [0.25, 0.3) is 0 Å². The number of halogens is 5. The van der Waals surface area contributed by atoms with Gasteiger partial charge in [-0.25, -0.2) is 4.79 Å². The number of nitrogens with two attached hydrogens (primary N) is 1. The lowest BCUT2D eigenvalue weighted by Gasteiger charge is -2.19. The van der Waals surface area contributed by atoms with Gasteiger partial charge in [0.1, 0.15) is 0 Å². The summed E-state index contributed by atoms with van der Waals surface area (Å²) in [6.07, 6.45) is -4.49. The molecule has 124 valence electrons. The van der Waals surface area contributed by atoms with Crippen LogP contribution in [0.2, 0.25) is 5.02 Å². The number of hydrogen-bond donors (Lipinski definition) is 2. The number of hydrogen-bond acceptors (Lipinski definition) is 2. The number of carbonyl (C=O) groups excluding carboxylic acids is 1. The molecule has 1 aromatic carbocycles. The van der Waals surface area contributed by atoms with Crippen molar-refractivity contribution in [1.29, 1.82) is 0 Å². The molecule has 0 spiro atoms. The van der Waals surface area contributed by atoms with E-state index in [4.69, 9.17) is 29.1 Å². The van der Waals surface area contributed by atoms with E-state index in [1.54, 1.807) is 0 Å². The predicted molar refractivity (Wildman–Crippen MR) is 77.5 cm³/mol. The lowest BCUT2D eigenvalue weighted by molar-refractivity contribution is -0.137. The number of benzene rings is 1. The molecule has 6 nitrogen and oxygen atoms in total. The summed E-state index contributed by atoms with van der Waals surface area (Å²) in [6.45, 7) is -0.149. The molecule has 0 bridgehead atoms. The molecule has 1 rings (SSSR count). The minimum Gasteiger partial charge on any atom is -0.412 e. The van der Waals surface area contributed by atoms with Crippen LogP contribution in [-0.2, 0) is 12.7 Å². The minimum atomic E-state index is -4.49. The maximum atomic E-state index is 12.6. The van der Waals surface area contributed by atoms with Crippen molar-refractivity contribution in [2.75, 3.05) is 7.05 Å². The third-order valence-electron chi connectivity index (χ3n) is 2.45. The Bertz CT molecular complexity index is 567. The third-order valence-corrected chi connectivity index (χ3v) is 3.00. The van der Waals surface area contributed by atoms with Crippen molar-refractivity contribution >= 4 is 35.4 Å². The Labute approximate surface area is 134 Å². The Morgan fingerprint density at radius 2 is 2.05 bits per heavy atom. The van der Waals surface area contributed by atoms with Gasteiger partial charge in [0.15, 0.2) is 0 Å². The molecule has 5 N–H and O–H groups in total. The molecular formula is C11H13Cl2F3N4O2. The molecule has 1 aromatic rings. The number of amides is 2. The molecule has 0 aliphatic carbocycles. The van der Waals surface area contributed by atoms with Crippen molar-refractivity contribution in [1.82, 2.24) is 10.2 Å². The number of rotatable bonds is 2. The van der Waals surface area contributed by atoms with Crippen LogP contribution >= 0.6 is 23.4 Å². The maximum absolute atomic E-state index is 12.6.